The van der Waals surface area contributed by atoms with Crippen molar-refractivity contribution in [3.63, 3.8) is 0 Å². The van der Waals surface area contributed by atoms with Crippen LogP contribution >= 0.6 is 0 Å². The van der Waals surface area contributed by atoms with Crippen LogP contribution in [0.3, 0.4) is 0 Å². The van der Waals surface area contributed by atoms with Crippen LogP contribution in [0, 0.1) is 0 Å². The molecule has 2 N–H and O–H groups in total. The zero-order chi connectivity index (χ0) is 12.3. The van der Waals surface area contributed by atoms with E-state index in [-0.39, 0.29) is 6.04 Å². The lowest BCUT2D eigenvalue weighted by Gasteiger charge is -2.12. The van der Waals surface area contributed by atoms with E-state index in [1.165, 1.54) is 0 Å². The van der Waals surface area contributed by atoms with E-state index in [0.29, 0.717) is 11.4 Å². The Kier molecular flexibility index (Phi) is 3.81. The summed E-state index contributed by atoms with van der Waals surface area (Å²) in [6.07, 6.45) is 1.70. The molecule has 1 saturated heterocycles. The second-order valence-electron chi connectivity index (χ2n) is 4.31. The van der Waals surface area contributed by atoms with Crippen LogP contribution in [0.25, 0.3) is 0 Å². The summed E-state index contributed by atoms with van der Waals surface area (Å²) in [4.78, 5) is 0.365. The molecule has 5 heteroatoms. The Labute approximate surface area is 102 Å². The first kappa shape index (κ1) is 12.5. The minimum absolute atomic E-state index is 0.0188. The van der Waals surface area contributed by atoms with Gasteiger partial charge >= 0.3 is 0 Å². The average Bonchev–Trinajstić information content (AvgIpc) is 2.81. The summed E-state index contributed by atoms with van der Waals surface area (Å²) in [5, 5.41) is 3.14. The standard InChI is InChI=1S/C12H18N2O2S/c1-2-10-4-3-5-12(8-10)17(15,16)14-11-6-7-13-9-11/h3-5,8,11,13-14H,2,6-7,9H2,1H3. The lowest BCUT2D eigenvalue weighted by Crippen LogP contribution is -2.36. The van der Waals surface area contributed by atoms with Crippen molar-refractivity contribution < 1.29 is 8.42 Å². The predicted octanol–water partition coefficient (Wildman–Crippen LogP) is 0.889. The molecule has 0 saturated carbocycles. The SMILES string of the molecule is CCc1cccc(S(=O)(=O)NC2CCNC2)c1. The molecule has 1 aromatic carbocycles. The van der Waals surface area contributed by atoms with Gasteiger partial charge in [-0.05, 0) is 37.1 Å². The smallest absolute Gasteiger partial charge is 0.240 e. The van der Waals surface area contributed by atoms with Crippen molar-refractivity contribution in [2.75, 3.05) is 13.1 Å². The summed E-state index contributed by atoms with van der Waals surface area (Å²) in [5.74, 6) is 0. The van der Waals surface area contributed by atoms with Crippen molar-refractivity contribution in [1.82, 2.24) is 10.0 Å². The third kappa shape index (κ3) is 3.06. The molecular formula is C12H18N2O2S. The molecule has 0 spiro atoms. The molecule has 0 aromatic heterocycles. The number of sulfonamides is 1. The maximum Gasteiger partial charge on any atom is 0.240 e. The van der Waals surface area contributed by atoms with E-state index >= 15 is 0 Å². The molecule has 0 bridgehead atoms. The number of aryl methyl sites for hydroxylation is 1. The highest BCUT2D eigenvalue weighted by Gasteiger charge is 2.22. The zero-order valence-corrected chi connectivity index (χ0v) is 10.8. The minimum atomic E-state index is -3.37. The van der Waals surface area contributed by atoms with E-state index in [9.17, 15) is 8.42 Å². The van der Waals surface area contributed by atoms with Crippen LogP contribution in [-0.2, 0) is 16.4 Å². The van der Waals surface area contributed by atoms with Gasteiger partial charge in [-0.3, -0.25) is 0 Å². The van der Waals surface area contributed by atoms with Gasteiger partial charge < -0.3 is 5.32 Å². The normalized spacial score (nSPS) is 20.6. The molecule has 17 heavy (non-hydrogen) atoms. The summed E-state index contributed by atoms with van der Waals surface area (Å²) in [7, 11) is -3.37. The van der Waals surface area contributed by atoms with Gasteiger partial charge in [-0.2, -0.15) is 0 Å². The van der Waals surface area contributed by atoms with Crippen molar-refractivity contribution in [2.24, 2.45) is 0 Å². The summed E-state index contributed by atoms with van der Waals surface area (Å²) < 4.78 is 27.0. The van der Waals surface area contributed by atoms with Crippen molar-refractivity contribution >= 4 is 10.0 Å². The quantitative estimate of drug-likeness (QED) is 0.839. The summed E-state index contributed by atoms with van der Waals surface area (Å²) in [6.45, 7) is 3.61. The Hall–Kier alpha value is -0.910. The maximum atomic E-state index is 12.1. The number of nitrogens with one attached hydrogen (secondary N) is 2. The third-order valence-electron chi connectivity index (χ3n) is 3.00. The fraction of sp³-hybridized carbons (Fsp3) is 0.500. The zero-order valence-electron chi connectivity index (χ0n) is 9.94. The Balaban J connectivity index is 2.18. The van der Waals surface area contributed by atoms with Gasteiger partial charge in [0.05, 0.1) is 4.90 Å². The molecular weight excluding hydrogens is 236 g/mol. The molecule has 1 fully saturated rings. The fourth-order valence-corrected chi connectivity index (χ4v) is 3.32. The maximum absolute atomic E-state index is 12.1. The molecule has 0 amide bonds. The molecule has 1 aliphatic heterocycles. The Morgan fingerprint density at radius 1 is 1.47 bits per heavy atom. The summed E-state index contributed by atoms with van der Waals surface area (Å²) in [5.41, 5.74) is 1.04. The molecule has 94 valence electrons. The Morgan fingerprint density at radius 2 is 2.29 bits per heavy atom. The molecule has 1 aliphatic rings. The van der Waals surface area contributed by atoms with E-state index in [2.05, 4.69) is 10.0 Å². The fourth-order valence-electron chi connectivity index (χ4n) is 1.98. The highest BCUT2D eigenvalue weighted by atomic mass is 32.2. The Morgan fingerprint density at radius 3 is 2.94 bits per heavy atom. The monoisotopic (exact) mass is 254 g/mol. The summed E-state index contributed by atoms with van der Waals surface area (Å²) in [6, 6.07) is 7.13. The lowest BCUT2D eigenvalue weighted by molar-refractivity contribution is 0.560. The van der Waals surface area contributed by atoms with Crippen LogP contribution in [0.5, 0.6) is 0 Å². The van der Waals surface area contributed by atoms with Crippen molar-refractivity contribution in [3.05, 3.63) is 29.8 Å². The van der Waals surface area contributed by atoms with Gasteiger partial charge in [-0.25, -0.2) is 13.1 Å². The number of rotatable bonds is 4. The van der Waals surface area contributed by atoms with Crippen LogP contribution in [0.15, 0.2) is 29.2 Å². The van der Waals surface area contributed by atoms with Crippen LogP contribution < -0.4 is 10.0 Å². The van der Waals surface area contributed by atoms with E-state index in [0.717, 1.165) is 24.9 Å². The first-order chi connectivity index (χ1) is 8.12. The number of benzene rings is 1. The molecule has 2 rings (SSSR count). The largest absolute Gasteiger partial charge is 0.315 e. The van der Waals surface area contributed by atoms with Gasteiger partial charge in [-0.1, -0.05) is 19.1 Å². The van der Waals surface area contributed by atoms with E-state index in [4.69, 9.17) is 0 Å². The number of hydrogen-bond donors (Lipinski definition) is 2. The molecule has 1 aromatic rings. The molecule has 1 heterocycles. The van der Waals surface area contributed by atoms with Gasteiger partial charge in [0.2, 0.25) is 10.0 Å². The second kappa shape index (κ2) is 5.16. The van der Waals surface area contributed by atoms with E-state index in [1.807, 2.05) is 13.0 Å². The first-order valence-corrected chi connectivity index (χ1v) is 7.42. The molecule has 1 atom stereocenters. The van der Waals surface area contributed by atoms with Gasteiger partial charge in [0.15, 0.2) is 0 Å². The molecule has 1 unspecified atom stereocenters. The third-order valence-corrected chi connectivity index (χ3v) is 4.52. The van der Waals surface area contributed by atoms with Crippen molar-refractivity contribution in [2.45, 2.75) is 30.7 Å². The first-order valence-electron chi connectivity index (χ1n) is 5.94. The minimum Gasteiger partial charge on any atom is -0.315 e. The van der Waals surface area contributed by atoms with Crippen LogP contribution in [0.2, 0.25) is 0 Å². The lowest BCUT2D eigenvalue weighted by atomic mass is 10.2. The second-order valence-corrected chi connectivity index (χ2v) is 6.03. The average molecular weight is 254 g/mol. The van der Waals surface area contributed by atoms with Crippen LogP contribution in [0.4, 0.5) is 0 Å². The van der Waals surface area contributed by atoms with Gasteiger partial charge in [0, 0.05) is 12.6 Å². The van der Waals surface area contributed by atoms with Crippen molar-refractivity contribution in [3.8, 4) is 0 Å². The van der Waals surface area contributed by atoms with E-state index < -0.39 is 10.0 Å². The molecule has 0 aliphatic carbocycles. The summed E-state index contributed by atoms with van der Waals surface area (Å²) >= 11 is 0. The number of hydrogen-bond acceptors (Lipinski definition) is 3. The highest BCUT2D eigenvalue weighted by molar-refractivity contribution is 7.89. The van der Waals surface area contributed by atoms with Gasteiger partial charge in [-0.15, -0.1) is 0 Å². The van der Waals surface area contributed by atoms with Gasteiger partial charge in [0.25, 0.3) is 0 Å². The van der Waals surface area contributed by atoms with Crippen molar-refractivity contribution in [1.29, 1.82) is 0 Å². The van der Waals surface area contributed by atoms with Gasteiger partial charge in [0.1, 0.15) is 0 Å². The van der Waals surface area contributed by atoms with Crippen LogP contribution in [-0.4, -0.2) is 27.5 Å². The molecule has 0 radical (unpaired) electrons. The molecule has 4 nitrogen and oxygen atoms in total. The Bertz CT molecular complexity index is 479. The predicted molar refractivity (Wildman–Crippen MR) is 67.4 cm³/mol. The van der Waals surface area contributed by atoms with Crippen LogP contribution in [0.1, 0.15) is 18.9 Å². The van der Waals surface area contributed by atoms with E-state index in [1.54, 1.807) is 18.2 Å². The topological polar surface area (TPSA) is 58.2 Å². The highest BCUT2D eigenvalue weighted by Crippen LogP contribution is 2.13.